The van der Waals surface area contributed by atoms with Gasteiger partial charge in [-0.1, -0.05) is 26.0 Å². The Morgan fingerprint density at radius 3 is 2.72 bits per heavy atom. The number of rotatable bonds is 4. The number of pyridine rings is 1. The number of carbonyl (C=O) groups is 1. The molecule has 146 valence electrons. The van der Waals surface area contributed by atoms with Crippen LogP contribution in [0.15, 0.2) is 48.5 Å². The number of anilines is 1. The van der Waals surface area contributed by atoms with Crippen molar-refractivity contribution in [2.75, 3.05) is 5.32 Å². The first-order valence-electron chi connectivity index (χ1n) is 8.83. The van der Waals surface area contributed by atoms with Crippen molar-refractivity contribution in [1.82, 2.24) is 34.9 Å². The molecule has 0 aliphatic rings. The molecule has 0 aliphatic carbocycles. The van der Waals surface area contributed by atoms with Gasteiger partial charge in [0.25, 0.3) is 5.91 Å². The standard InChI is InChI=1S/C19H18N8OS/c1-19(2,3)12-4-5-21-13(8-12)14-11-29-18(24-14)25-17(28)15-9-23-26-27(15)16-10-20-6-7-22-16/h4-11H,1-3H3,(H,24,25,28). The van der Waals surface area contributed by atoms with Gasteiger partial charge in [0.05, 0.1) is 18.1 Å². The number of hydrogen-bond acceptors (Lipinski definition) is 8. The second kappa shape index (κ2) is 7.47. The predicted molar refractivity (Wildman–Crippen MR) is 109 cm³/mol. The summed E-state index contributed by atoms with van der Waals surface area (Å²) < 4.78 is 1.32. The average Bonchev–Trinajstić information content (AvgIpc) is 3.38. The Hall–Kier alpha value is -3.53. The van der Waals surface area contributed by atoms with Gasteiger partial charge in [-0.2, -0.15) is 4.68 Å². The fraction of sp³-hybridized carbons (Fsp3) is 0.211. The molecule has 4 heterocycles. The number of thiazole rings is 1. The van der Waals surface area contributed by atoms with E-state index in [4.69, 9.17) is 0 Å². The molecule has 0 saturated heterocycles. The lowest BCUT2D eigenvalue weighted by atomic mass is 9.87. The van der Waals surface area contributed by atoms with Crippen LogP contribution in [0.5, 0.6) is 0 Å². The summed E-state index contributed by atoms with van der Waals surface area (Å²) in [6.45, 7) is 6.44. The van der Waals surface area contributed by atoms with Crippen molar-refractivity contribution in [2.24, 2.45) is 0 Å². The molecule has 0 atom stereocenters. The molecule has 0 bridgehead atoms. The Bertz CT molecular complexity index is 1150. The molecule has 0 aliphatic heterocycles. The van der Waals surface area contributed by atoms with Crippen LogP contribution in [0.2, 0.25) is 0 Å². The minimum Gasteiger partial charge on any atom is -0.296 e. The minimum atomic E-state index is -0.391. The van der Waals surface area contributed by atoms with Gasteiger partial charge in [0.15, 0.2) is 16.6 Å². The Balaban J connectivity index is 1.55. The molecule has 4 aromatic rings. The summed E-state index contributed by atoms with van der Waals surface area (Å²) in [4.78, 5) is 29.7. The zero-order chi connectivity index (χ0) is 20.4. The zero-order valence-electron chi connectivity index (χ0n) is 16.1. The van der Waals surface area contributed by atoms with Gasteiger partial charge in [0.1, 0.15) is 5.69 Å². The van der Waals surface area contributed by atoms with Gasteiger partial charge in [-0.15, -0.1) is 16.4 Å². The van der Waals surface area contributed by atoms with E-state index in [-0.39, 0.29) is 11.1 Å². The van der Waals surface area contributed by atoms with Crippen LogP contribution < -0.4 is 5.32 Å². The van der Waals surface area contributed by atoms with Gasteiger partial charge in [-0.3, -0.25) is 20.1 Å². The average molecular weight is 406 g/mol. The van der Waals surface area contributed by atoms with Crippen LogP contribution in [-0.4, -0.2) is 40.8 Å². The van der Waals surface area contributed by atoms with E-state index in [1.807, 2.05) is 17.5 Å². The van der Waals surface area contributed by atoms with Crippen LogP contribution >= 0.6 is 11.3 Å². The molecular formula is C19H18N8OS. The van der Waals surface area contributed by atoms with Crippen LogP contribution in [0.4, 0.5) is 5.13 Å². The van der Waals surface area contributed by atoms with E-state index in [1.165, 1.54) is 40.2 Å². The van der Waals surface area contributed by atoms with Crippen molar-refractivity contribution in [2.45, 2.75) is 26.2 Å². The molecule has 0 saturated carbocycles. The Morgan fingerprint density at radius 2 is 1.97 bits per heavy atom. The molecule has 10 heteroatoms. The van der Waals surface area contributed by atoms with E-state index in [2.05, 4.69) is 56.3 Å². The molecule has 0 unspecified atom stereocenters. The van der Waals surface area contributed by atoms with Crippen molar-refractivity contribution in [3.8, 4) is 17.2 Å². The van der Waals surface area contributed by atoms with Crippen molar-refractivity contribution in [3.05, 3.63) is 59.8 Å². The predicted octanol–water partition coefficient (Wildman–Crippen LogP) is 3.13. The normalized spacial score (nSPS) is 11.4. The summed E-state index contributed by atoms with van der Waals surface area (Å²) in [5, 5.41) is 12.8. The van der Waals surface area contributed by atoms with E-state index in [0.717, 1.165) is 5.69 Å². The Labute approximate surface area is 170 Å². The van der Waals surface area contributed by atoms with E-state index in [0.29, 0.717) is 16.6 Å². The monoisotopic (exact) mass is 406 g/mol. The largest absolute Gasteiger partial charge is 0.296 e. The topological polar surface area (TPSA) is 111 Å². The number of aromatic nitrogens is 7. The number of hydrogen-bond donors (Lipinski definition) is 1. The third-order valence-corrected chi connectivity index (χ3v) is 4.92. The van der Waals surface area contributed by atoms with Gasteiger partial charge in [0, 0.05) is 24.0 Å². The lowest BCUT2D eigenvalue weighted by molar-refractivity contribution is 0.101. The molecule has 1 amide bonds. The third kappa shape index (κ3) is 4.02. The van der Waals surface area contributed by atoms with Crippen molar-refractivity contribution < 1.29 is 4.79 Å². The number of carbonyl (C=O) groups excluding carboxylic acids is 1. The van der Waals surface area contributed by atoms with E-state index in [1.54, 1.807) is 12.4 Å². The summed E-state index contributed by atoms with van der Waals surface area (Å²) in [5.74, 6) is 0.0103. The lowest BCUT2D eigenvalue weighted by Gasteiger charge is -2.18. The first-order chi connectivity index (χ1) is 13.9. The van der Waals surface area contributed by atoms with E-state index < -0.39 is 5.91 Å². The third-order valence-electron chi connectivity index (χ3n) is 4.16. The summed E-state index contributed by atoms with van der Waals surface area (Å²) >= 11 is 1.32. The smallest absolute Gasteiger partial charge is 0.277 e. The molecular weight excluding hydrogens is 388 g/mol. The first-order valence-corrected chi connectivity index (χ1v) is 9.70. The van der Waals surface area contributed by atoms with Crippen LogP contribution in [0.3, 0.4) is 0 Å². The Kier molecular flexibility index (Phi) is 4.85. The summed E-state index contributed by atoms with van der Waals surface area (Å²) in [5.41, 5.74) is 2.88. The van der Waals surface area contributed by atoms with E-state index >= 15 is 0 Å². The zero-order valence-corrected chi connectivity index (χ0v) is 16.9. The van der Waals surface area contributed by atoms with E-state index in [9.17, 15) is 4.79 Å². The maximum Gasteiger partial charge on any atom is 0.277 e. The molecule has 29 heavy (non-hydrogen) atoms. The first kappa shape index (κ1) is 18.8. The summed E-state index contributed by atoms with van der Waals surface area (Å²) in [6.07, 6.45) is 7.71. The van der Waals surface area contributed by atoms with Crippen molar-refractivity contribution >= 4 is 22.4 Å². The quantitative estimate of drug-likeness (QED) is 0.554. The molecule has 4 rings (SSSR count). The van der Waals surface area contributed by atoms with Gasteiger partial charge in [0.2, 0.25) is 0 Å². The van der Waals surface area contributed by atoms with Crippen LogP contribution in [0.25, 0.3) is 17.2 Å². The maximum atomic E-state index is 12.7. The maximum absolute atomic E-state index is 12.7. The number of nitrogens with zero attached hydrogens (tertiary/aromatic N) is 7. The summed E-state index contributed by atoms with van der Waals surface area (Å²) in [6, 6.07) is 4.02. The highest BCUT2D eigenvalue weighted by atomic mass is 32.1. The van der Waals surface area contributed by atoms with Crippen LogP contribution in [0, 0.1) is 0 Å². The number of nitrogens with one attached hydrogen (secondary N) is 1. The molecule has 0 fully saturated rings. The molecule has 0 radical (unpaired) electrons. The fourth-order valence-electron chi connectivity index (χ4n) is 2.61. The lowest BCUT2D eigenvalue weighted by Crippen LogP contribution is -2.17. The van der Waals surface area contributed by atoms with Crippen LogP contribution in [0.1, 0.15) is 36.8 Å². The highest BCUT2D eigenvalue weighted by Crippen LogP contribution is 2.28. The molecule has 0 aromatic carbocycles. The Morgan fingerprint density at radius 1 is 1.10 bits per heavy atom. The van der Waals surface area contributed by atoms with Gasteiger partial charge >= 0.3 is 0 Å². The number of amides is 1. The van der Waals surface area contributed by atoms with Crippen LogP contribution in [-0.2, 0) is 5.41 Å². The highest BCUT2D eigenvalue weighted by Gasteiger charge is 2.18. The molecule has 4 aromatic heterocycles. The fourth-order valence-corrected chi connectivity index (χ4v) is 3.31. The highest BCUT2D eigenvalue weighted by molar-refractivity contribution is 7.14. The second-order valence-corrected chi connectivity index (χ2v) is 8.12. The SMILES string of the molecule is CC(C)(C)c1ccnc(-c2csc(NC(=O)c3cnnn3-c3cnccn3)n2)c1. The van der Waals surface area contributed by atoms with Crippen molar-refractivity contribution in [1.29, 1.82) is 0 Å². The molecule has 9 nitrogen and oxygen atoms in total. The summed E-state index contributed by atoms with van der Waals surface area (Å²) in [7, 11) is 0. The second-order valence-electron chi connectivity index (χ2n) is 7.27. The van der Waals surface area contributed by atoms with Gasteiger partial charge < -0.3 is 0 Å². The van der Waals surface area contributed by atoms with Gasteiger partial charge in [-0.05, 0) is 23.1 Å². The molecule has 0 spiro atoms. The van der Waals surface area contributed by atoms with Crippen molar-refractivity contribution in [3.63, 3.8) is 0 Å². The van der Waals surface area contributed by atoms with Gasteiger partial charge in [-0.25, -0.2) is 9.97 Å². The minimum absolute atomic E-state index is 0.0104. The molecule has 1 N–H and O–H groups in total.